The highest BCUT2D eigenvalue weighted by Crippen LogP contribution is 2.30. The Kier molecular flexibility index (Phi) is 9.35. The van der Waals surface area contributed by atoms with E-state index in [0.29, 0.717) is 49.7 Å². The molecule has 4 aromatic rings. The molecule has 0 saturated carbocycles. The molecule has 0 radical (unpaired) electrons. The van der Waals surface area contributed by atoms with Gasteiger partial charge in [0, 0.05) is 17.5 Å². The standard InChI is InChI=1S/C33H39N5O5/c1-5-7-12-29-34-28(6-2)27(17-30(39)38-21(3)19-42-20-22(38)4)32(40)37(29)18-23-13-15-24(16-14-23)25-10-8-9-11-26(25)31-35-33(41)43-36-31/h8-11,13-16,21-22H,5-7,12,17-20H2,1-4H3,(H,35,36,41). The number of carbonyl (C=O) groups is 1. The molecule has 0 aliphatic carbocycles. The summed E-state index contributed by atoms with van der Waals surface area (Å²) in [4.78, 5) is 48.6. The van der Waals surface area contributed by atoms with Crippen LogP contribution in [0.1, 0.15) is 63.2 Å². The number of H-pyrrole nitrogens is 1. The third kappa shape index (κ3) is 6.54. The Bertz CT molecular complexity index is 1680. The monoisotopic (exact) mass is 585 g/mol. The van der Waals surface area contributed by atoms with E-state index >= 15 is 0 Å². The summed E-state index contributed by atoms with van der Waals surface area (Å²) in [7, 11) is 0. The van der Waals surface area contributed by atoms with E-state index in [9.17, 15) is 14.4 Å². The van der Waals surface area contributed by atoms with Gasteiger partial charge in [0.2, 0.25) is 5.91 Å². The normalized spacial score (nSPS) is 16.9. The summed E-state index contributed by atoms with van der Waals surface area (Å²) < 4.78 is 12.1. The van der Waals surface area contributed by atoms with E-state index in [2.05, 4.69) is 17.1 Å². The summed E-state index contributed by atoms with van der Waals surface area (Å²) in [6, 6.07) is 15.5. The smallest absolute Gasteiger partial charge is 0.377 e. The molecule has 1 amide bonds. The Morgan fingerprint density at radius 1 is 1.00 bits per heavy atom. The molecule has 1 aliphatic heterocycles. The van der Waals surface area contributed by atoms with Crippen molar-refractivity contribution in [2.45, 2.75) is 78.4 Å². The highest BCUT2D eigenvalue weighted by atomic mass is 16.5. The molecule has 2 aromatic carbocycles. The van der Waals surface area contributed by atoms with Crippen LogP contribution in [0.2, 0.25) is 0 Å². The van der Waals surface area contributed by atoms with E-state index in [-0.39, 0.29) is 30.0 Å². The molecule has 0 bridgehead atoms. The number of amides is 1. The molecule has 43 heavy (non-hydrogen) atoms. The lowest BCUT2D eigenvalue weighted by Gasteiger charge is -2.39. The van der Waals surface area contributed by atoms with Gasteiger partial charge < -0.3 is 9.64 Å². The van der Waals surface area contributed by atoms with Gasteiger partial charge in [0.25, 0.3) is 5.56 Å². The van der Waals surface area contributed by atoms with Crippen LogP contribution in [-0.2, 0) is 35.3 Å². The molecule has 2 unspecified atom stereocenters. The van der Waals surface area contributed by atoms with Crippen LogP contribution in [0.3, 0.4) is 0 Å². The number of morpholine rings is 1. The molecule has 1 saturated heterocycles. The summed E-state index contributed by atoms with van der Waals surface area (Å²) in [5.74, 6) is 0.433. The molecular formula is C33H39N5O5. The fourth-order valence-electron chi connectivity index (χ4n) is 5.84. The number of ether oxygens (including phenoxy) is 1. The van der Waals surface area contributed by atoms with Gasteiger partial charge in [-0.05, 0) is 43.4 Å². The molecule has 10 heteroatoms. The predicted octanol–water partition coefficient (Wildman–Crippen LogP) is 4.39. The van der Waals surface area contributed by atoms with Crippen molar-refractivity contribution in [3.05, 3.63) is 92.1 Å². The van der Waals surface area contributed by atoms with Crippen molar-refractivity contribution in [2.75, 3.05) is 13.2 Å². The van der Waals surface area contributed by atoms with Crippen molar-refractivity contribution in [3.63, 3.8) is 0 Å². The molecule has 1 fully saturated rings. The van der Waals surface area contributed by atoms with Crippen molar-refractivity contribution >= 4 is 5.91 Å². The van der Waals surface area contributed by atoms with Crippen molar-refractivity contribution < 1.29 is 14.1 Å². The lowest BCUT2D eigenvalue weighted by atomic mass is 9.98. The molecule has 2 aromatic heterocycles. The molecular weight excluding hydrogens is 546 g/mol. The summed E-state index contributed by atoms with van der Waals surface area (Å²) in [6.45, 7) is 9.38. The second-order valence-electron chi connectivity index (χ2n) is 11.2. The van der Waals surface area contributed by atoms with E-state index in [0.717, 1.165) is 40.9 Å². The zero-order valence-corrected chi connectivity index (χ0v) is 25.3. The highest BCUT2D eigenvalue weighted by Gasteiger charge is 2.31. The fraction of sp³-hybridized carbons (Fsp3) is 0.424. The SMILES string of the molecule is CCCCc1nc(CC)c(CC(=O)N2C(C)COCC2C)c(=O)n1Cc1ccc(-c2ccccc2-c2noc(=O)[nH]2)cc1. The highest BCUT2D eigenvalue weighted by molar-refractivity contribution is 5.80. The topological polar surface area (TPSA) is 123 Å². The van der Waals surface area contributed by atoms with Crippen LogP contribution >= 0.6 is 0 Å². The van der Waals surface area contributed by atoms with Crippen LogP contribution in [0.25, 0.3) is 22.5 Å². The minimum Gasteiger partial charge on any atom is -0.377 e. The Morgan fingerprint density at radius 3 is 2.33 bits per heavy atom. The molecule has 1 N–H and O–H groups in total. The first-order chi connectivity index (χ1) is 20.8. The van der Waals surface area contributed by atoms with E-state index in [1.54, 1.807) is 4.57 Å². The summed E-state index contributed by atoms with van der Waals surface area (Å²) >= 11 is 0. The lowest BCUT2D eigenvalue weighted by Crippen LogP contribution is -2.53. The van der Waals surface area contributed by atoms with E-state index in [1.807, 2.05) is 74.2 Å². The van der Waals surface area contributed by atoms with Gasteiger partial charge in [-0.25, -0.2) is 9.78 Å². The van der Waals surface area contributed by atoms with E-state index in [1.165, 1.54) is 0 Å². The third-order valence-corrected chi connectivity index (χ3v) is 8.03. The predicted molar refractivity (Wildman–Crippen MR) is 164 cm³/mol. The van der Waals surface area contributed by atoms with Crippen LogP contribution < -0.4 is 11.3 Å². The Labute approximate surface area is 250 Å². The van der Waals surface area contributed by atoms with Crippen LogP contribution in [-0.4, -0.2) is 55.8 Å². The summed E-state index contributed by atoms with van der Waals surface area (Å²) in [5.41, 5.74) is 4.54. The molecule has 0 spiro atoms. The molecule has 1 aliphatic rings. The van der Waals surface area contributed by atoms with Gasteiger partial charge in [0.05, 0.1) is 44.0 Å². The maximum atomic E-state index is 14.1. The third-order valence-electron chi connectivity index (χ3n) is 8.03. The quantitative estimate of drug-likeness (QED) is 0.293. The average Bonchev–Trinajstić information content (AvgIpc) is 3.45. The van der Waals surface area contributed by atoms with Crippen molar-refractivity contribution in [2.24, 2.45) is 0 Å². The number of aromatic nitrogens is 4. The maximum Gasteiger partial charge on any atom is 0.439 e. The molecule has 5 rings (SSSR count). The van der Waals surface area contributed by atoms with Crippen LogP contribution in [0.5, 0.6) is 0 Å². The number of nitrogens with one attached hydrogen (secondary N) is 1. The van der Waals surface area contributed by atoms with Crippen molar-refractivity contribution in [1.82, 2.24) is 24.6 Å². The number of carbonyl (C=O) groups excluding carboxylic acids is 1. The van der Waals surface area contributed by atoms with Gasteiger partial charge >= 0.3 is 5.76 Å². The van der Waals surface area contributed by atoms with Gasteiger partial charge in [-0.3, -0.25) is 23.7 Å². The number of hydrogen-bond donors (Lipinski definition) is 1. The first kappa shape index (κ1) is 30.2. The van der Waals surface area contributed by atoms with Gasteiger partial charge in [0.15, 0.2) is 5.82 Å². The zero-order valence-electron chi connectivity index (χ0n) is 25.3. The first-order valence-corrected chi connectivity index (χ1v) is 15.1. The van der Waals surface area contributed by atoms with Crippen molar-refractivity contribution in [1.29, 1.82) is 0 Å². The Morgan fingerprint density at radius 2 is 1.70 bits per heavy atom. The Hall–Kier alpha value is -4.31. The second kappa shape index (κ2) is 13.3. The minimum atomic E-state index is -0.609. The van der Waals surface area contributed by atoms with E-state index < -0.39 is 5.76 Å². The number of rotatable bonds is 10. The number of hydrogen-bond acceptors (Lipinski definition) is 7. The number of nitrogens with zero attached hydrogens (tertiary/aromatic N) is 4. The average molecular weight is 586 g/mol. The zero-order chi connectivity index (χ0) is 30.5. The number of aromatic amines is 1. The minimum absolute atomic E-state index is 0.0254. The van der Waals surface area contributed by atoms with Crippen LogP contribution in [0.15, 0.2) is 62.6 Å². The summed E-state index contributed by atoms with van der Waals surface area (Å²) in [6.07, 6.45) is 3.19. The summed E-state index contributed by atoms with van der Waals surface area (Å²) in [5, 5.41) is 3.85. The lowest BCUT2D eigenvalue weighted by molar-refractivity contribution is -0.143. The van der Waals surface area contributed by atoms with Gasteiger partial charge in [0.1, 0.15) is 5.82 Å². The molecule has 10 nitrogen and oxygen atoms in total. The van der Waals surface area contributed by atoms with Gasteiger partial charge in [-0.1, -0.05) is 74.0 Å². The van der Waals surface area contributed by atoms with E-state index in [4.69, 9.17) is 14.2 Å². The van der Waals surface area contributed by atoms with Gasteiger partial charge in [-0.15, -0.1) is 0 Å². The fourth-order valence-corrected chi connectivity index (χ4v) is 5.84. The molecule has 226 valence electrons. The number of benzene rings is 2. The maximum absolute atomic E-state index is 14.1. The Balaban J connectivity index is 1.47. The number of aryl methyl sites for hydroxylation is 2. The first-order valence-electron chi connectivity index (χ1n) is 15.1. The van der Waals surface area contributed by atoms with Crippen LogP contribution in [0, 0.1) is 0 Å². The molecule has 3 heterocycles. The molecule has 2 atom stereocenters. The number of unbranched alkanes of at least 4 members (excludes halogenated alkanes) is 1. The second-order valence-corrected chi connectivity index (χ2v) is 11.2. The van der Waals surface area contributed by atoms with Gasteiger partial charge in [-0.2, -0.15) is 0 Å². The van der Waals surface area contributed by atoms with Crippen molar-refractivity contribution in [3.8, 4) is 22.5 Å². The van der Waals surface area contributed by atoms with Crippen LogP contribution in [0.4, 0.5) is 0 Å². The largest absolute Gasteiger partial charge is 0.439 e.